The number of oxazole rings is 1. The normalized spacial score (nSPS) is 16.3. The molecule has 0 aliphatic carbocycles. The molecule has 146 valence electrons. The lowest BCUT2D eigenvalue weighted by Crippen LogP contribution is -2.50. The lowest BCUT2D eigenvalue weighted by molar-refractivity contribution is -0.142. The molecule has 3 rings (SSSR count). The number of urea groups is 1. The number of hydrogen-bond acceptors (Lipinski definition) is 6. The fourth-order valence-corrected chi connectivity index (χ4v) is 3.73. The first-order chi connectivity index (χ1) is 13.1. The molecule has 1 N–H and O–H groups in total. The molecule has 0 saturated carbocycles. The highest BCUT2D eigenvalue weighted by atomic mass is 32.2. The highest BCUT2D eigenvalue weighted by molar-refractivity contribution is 7.98. The van der Waals surface area contributed by atoms with Crippen LogP contribution in [0.25, 0.3) is 11.1 Å². The minimum absolute atomic E-state index is 0.203. The van der Waals surface area contributed by atoms with Gasteiger partial charge in [-0.2, -0.15) is 11.8 Å². The number of carbonyl (C=O) groups is 2. The molecule has 0 radical (unpaired) electrons. The first-order valence-electron chi connectivity index (χ1n) is 9.10. The van der Waals surface area contributed by atoms with Gasteiger partial charge >= 0.3 is 12.0 Å². The van der Waals surface area contributed by atoms with E-state index in [1.807, 2.05) is 30.5 Å². The molecule has 2 heterocycles. The molecule has 27 heavy (non-hydrogen) atoms. The molecule has 1 atom stereocenters. The number of hydrogen-bond donors (Lipinski definition) is 1. The maximum atomic E-state index is 12.5. The average Bonchev–Trinajstić information content (AvgIpc) is 3.14. The summed E-state index contributed by atoms with van der Waals surface area (Å²) in [4.78, 5) is 30.7. The molecule has 1 aliphatic heterocycles. The topological polar surface area (TPSA) is 84.7 Å². The molecule has 7 nitrogen and oxygen atoms in total. The van der Waals surface area contributed by atoms with Gasteiger partial charge in [-0.3, -0.25) is 0 Å². The second kappa shape index (κ2) is 9.12. The van der Waals surface area contributed by atoms with Gasteiger partial charge in [-0.25, -0.2) is 14.6 Å². The van der Waals surface area contributed by atoms with E-state index in [1.54, 1.807) is 16.7 Å². The van der Waals surface area contributed by atoms with Crippen LogP contribution in [0.1, 0.15) is 31.1 Å². The number of esters is 1. The van der Waals surface area contributed by atoms with Gasteiger partial charge in [0.05, 0.1) is 7.11 Å². The summed E-state index contributed by atoms with van der Waals surface area (Å²) in [6, 6.07) is 6.89. The minimum Gasteiger partial charge on any atom is -0.467 e. The van der Waals surface area contributed by atoms with Crippen LogP contribution in [-0.2, 0) is 9.53 Å². The Bertz CT molecular complexity index is 753. The smallest absolute Gasteiger partial charge is 0.328 e. The van der Waals surface area contributed by atoms with Crippen molar-refractivity contribution in [2.45, 2.75) is 31.2 Å². The summed E-state index contributed by atoms with van der Waals surface area (Å²) in [5.41, 5.74) is 1.66. The highest BCUT2D eigenvalue weighted by Gasteiger charge is 2.29. The number of methoxy groups -OCH3 is 1. The average molecular weight is 391 g/mol. The van der Waals surface area contributed by atoms with E-state index in [9.17, 15) is 9.59 Å². The van der Waals surface area contributed by atoms with Crippen molar-refractivity contribution in [3.8, 4) is 0 Å². The van der Waals surface area contributed by atoms with Crippen LogP contribution in [-0.4, -0.2) is 60.1 Å². The summed E-state index contributed by atoms with van der Waals surface area (Å²) in [5.74, 6) is 1.32. The van der Waals surface area contributed by atoms with Crippen LogP contribution < -0.4 is 5.32 Å². The monoisotopic (exact) mass is 391 g/mol. The molecule has 0 spiro atoms. The number of para-hydroxylation sites is 2. The molecular weight excluding hydrogens is 366 g/mol. The highest BCUT2D eigenvalue weighted by Crippen LogP contribution is 2.29. The number of rotatable bonds is 6. The van der Waals surface area contributed by atoms with Gasteiger partial charge in [0.15, 0.2) is 11.5 Å². The largest absolute Gasteiger partial charge is 0.467 e. The SMILES string of the molecule is COC(=O)C(CCSC)NC(=O)N1CCC(c2nc3ccccc3o2)CC1. The van der Waals surface area contributed by atoms with Crippen LogP contribution in [0.2, 0.25) is 0 Å². The van der Waals surface area contributed by atoms with Crippen molar-refractivity contribution < 1.29 is 18.7 Å². The lowest BCUT2D eigenvalue weighted by atomic mass is 9.97. The zero-order chi connectivity index (χ0) is 19.2. The molecule has 0 bridgehead atoms. The Morgan fingerprint density at radius 2 is 2.11 bits per heavy atom. The zero-order valence-corrected chi connectivity index (χ0v) is 16.5. The first kappa shape index (κ1) is 19.5. The van der Waals surface area contributed by atoms with Gasteiger partial charge < -0.3 is 19.4 Å². The molecule has 8 heteroatoms. The Hall–Kier alpha value is -2.22. The van der Waals surface area contributed by atoms with Crippen molar-refractivity contribution in [2.24, 2.45) is 0 Å². The number of carbonyl (C=O) groups excluding carboxylic acids is 2. The van der Waals surface area contributed by atoms with Crippen molar-refractivity contribution in [2.75, 3.05) is 32.2 Å². The summed E-state index contributed by atoms with van der Waals surface area (Å²) < 4.78 is 10.7. The molecule has 1 unspecified atom stereocenters. The third-order valence-corrected chi connectivity index (χ3v) is 5.48. The third-order valence-electron chi connectivity index (χ3n) is 4.84. The Morgan fingerprint density at radius 1 is 1.37 bits per heavy atom. The number of benzene rings is 1. The quantitative estimate of drug-likeness (QED) is 0.762. The summed E-state index contributed by atoms with van der Waals surface area (Å²) in [7, 11) is 1.34. The maximum absolute atomic E-state index is 12.5. The van der Waals surface area contributed by atoms with Crippen molar-refractivity contribution in [3.63, 3.8) is 0 Å². The number of nitrogens with one attached hydrogen (secondary N) is 1. The van der Waals surface area contributed by atoms with Crippen LogP contribution in [0.3, 0.4) is 0 Å². The second-order valence-corrected chi connectivity index (χ2v) is 7.57. The van der Waals surface area contributed by atoms with E-state index in [2.05, 4.69) is 10.3 Å². The molecule has 1 saturated heterocycles. The number of thioether (sulfide) groups is 1. The van der Waals surface area contributed by atoms with Gasteiger partial charge in [-0.15, -0.1) is 0 Å². The van der Waals surface area contributed by atoms with E-state index in [0.717, 1.165) is 35.6 Å². The van der Waals surface area contributed by atoms with Gasteiger partial charge in [0.1, 0.15) is 11.6 Å². The fraction of sp³-hybridized carbons (Fsp3) is 0.526. The van der Waals surface area contributed by atoms with Crippen molar-refractivity contribution in [1.29, 1.82) is 0 Å². The molecular formula is C19H25N3O4S. The van der Waals surface area contributed by atoms with Crippen molar-refractivity contribution in [1.82, 2.24) is 15.2 Å². The van der Waals surface area contributed by atoms with Gasteiger partial charge in [0.2, 0.25) is 0 Å². The van der Waals surface area contributed by atoms with E-state index >= 15 is 0 Å². The van der Waals surface area contributed by atoms with Crippen LogP contribution in [0.5, 0.6) is 0 Å². The Labute approximate surface area is 162 Å². The summed E-state index contributed by atoms with van der Waals surface area (Å²) >= 11 is 1.63. The number of nitrogens with zero attached hydrogens (tertiary/aromatic N) is 2. The van der Waals surface area contributed by atoms with E-state index in [-0.39, 0.29) is 11.9 Å². The number of likely N-dealkylation sites (tertiary alicyclic amines) is 1. The number of piperidine rings is 1. The Balaban J connectivity index is 1.55. The molecule has 1 aromatic heterocycles. The van der Waals surface area contributed by atoms with E-state index in [4.69, 9.17) is 9.15 Å². The maximum Gasteiger partial charge on any atom is 0.328 e. The van der Waals surface area contributed by atoms with E-state index < -0.39 is 12.0 Å². The van der Waals surface area contributed by atoms with Gasteiger partial charge in [0, 0.05) is 19.0 Å². The number of ether oxygens (including phenoxy) is 1. The Kier molecular flexibility index (Phi) is 6.60. The molecule has 2 amide bonds. The number of aromatic nitrogens is 1. The third kappa shape index (κ3) is 4.74. The Morgan fingerprint density at radius 3 is 2.78 bits per heavy atom. The second-order valence-electron chi connectivity index (χ2n) is 6.59. The molecule has 2 aromatic rings. The van der Waals surface area contributed by atoms with Gasteiger partial charge in [-0.1, -0.05) is 12.1 Å². The number of amides is 2. The van der Waals surface area contributed by atoms with Crippen LogP contribution in [0.15, 0.2) is 28.7 Å². The van der Waals surface area contributed by atoms with Gasteiger partial charge in [-0.05, 0) is 43.4 Å². The minimum atomic E-state index is -0.607. The van der Waals surface area contributed by atoms with Crippen LogP contribution in [0, 0.1) is 0 Å². The fourth-order valence-electron chi connectivity index (χ4n) is 3.26. The zero-order valence-electron chi connectivity index (χ0n) is 15.6. The summed E-state index contributed by atoms with van der Waals surface area (Å²) in [6.07, 6.45) is 4.09. The van der Waals surface area contributed by atoms with E-state index in [0.29, 0.717) is 19.5 Å². The molecule has 1 fully saturated rings. The van der Waals surface area contributed by atoms with Crippen molar-refractivity contribution in [3.05, 3.63) is 30.2 Å². The van der Waals surface area contributed by atoms with Crippen molar-refractivity contribution >= 4 is 34.9 Å². The summed E-state index contributed by atoms with van der Waals surface area (Å²) in [5, 5.41) is 2.81. The molecule has 1 aromatic carbocycles. The number of fused-ring (bicyclic) bond motifs is 1. The van der Waals surface area contributed by atoms with Crippen LogP contribution in [0.4, 0.5) is 4.79 Å². The predicted octanol–water partition coefficient (Wildman–Crippen LogP) is 3.01. The molecule has 1 aliphatic rings. The predicted molar refractivity (Wildman–Crippen MR) is 105 cm³/mol. The van der Waals surface area contributed by atoms with Gasteiger partial charge in [0.25, 0.3) is 0 Å². The van der Waals surface area contributed by atoms with Crippen LogP contribution >= 0.6 is 11.8 Å². The van der Waals surface area contributed by atoms with E-state index in [1.165, 1.54) is 7.11 Å². The summed E-state index contributed by atoms with van der Waals surface area (Å²) in [6.45, 7) is 1.21. The standard InChI is InChI=1S/C19H25N3O4S/c1-25-18(23)15(9-12-27-2)21-19(24)22-10-7-13(8-11-22)17-20-14-5-3-4-6-16(14)26-17/h3-6,13,15H,7-12H2,1-2H3,(H,21,24). The lowest BCUT2D eigenvalue weighted by Gasteiger charge is -2.31. The first-order valence-corrected chi connectivity index (χ1v) is 10.5.